The predicted octanol–water partition coefficient (Wildman–Crippen LogP) is 3.43. The zero-order valence-electron chi connectivity index (χ0n) is 15.0. The van der Waals surface area contributed by atoms with E-state index in [0.29, 0.717) is 22.0 Å². The third-order valence-corrected chi connectivity index (χ3v) is 4.84. The second-order valence-electron chi connectivity index (χ2n) is 6.63. The molecule has 8 heteroatoms. The molecule has 1 aromatic carbocycles. The average Bonchev–Trinajstić information content (AvgIpc) is 3.20. The number of aromatic nitrogens is 5. The zero-order chi connectivity index (χ0) is 20.0. The van der Waals surface area contributed by atoms with Crippen molar-refractivity contribution in [1.82, 2.24) is 23.9 Å². The third-order valence-electron chi connectivity index (χ3n) is 4.84. The van der Waals surface area contributed by atoms with E-state index in [1.54, 1.807) is 29.2 Å². The van der Waals surface area contributed by atoms with Crippen LogP contribution in [0.15, 0.2) is 72.6 Å². The smallest absolute Gasteiger partial charge is 0.261 e. The molecule has 0 saturated heterocycles. The van der Waals surface area contributed by atoms with Crippen molar-refractivity contribution in [2.75, 3.05) is 0 Å². The molecule has 0 aliphatic carbocycles. The molecule has 4 heterocycles. The molecular formula is C21H13F2N5O. The molecule has 0 spiro atoms. The van der Waals surface area contributed by atoms with Gasteiger partial charge in [0.2, 0.25) is 0 Å². The Labute approximate surface area is 162 Å². The molecule has 0 fully saturated rings. The number of fused-ring (bicyclic) bond motifs is 2. The summed E-state index contributed by atoms with van der Waals surface area (Å²) in [5.74, 6) is -1.46. The summed E-state index contributed by atoms with van der Waals surface area (Å²) < 4.78 is 32.5. The van der Waals surface area contributed by atoms with Crippen LogP contribution in [0.5, 0.6) is 0 Å². The Morgan fingerprint density at radius 2 is 1.76 bits per heavy atom. The topological polar surface area (TPSA) is 65.1 Å². The molecule has 0 atom stereocenters. The van der Waals surface area contributed by atoms with Crippen molar-refractivity contribution in [3.63, 3.8) is 0 Å². The maximum atomic E-state index is 14.8. The van der Waals surface area contributed by atoms with Crippen LogP contribution in [-0.2, 0) is 6.54 Å². The summed E-state index contributed by atoms with van der Waals surface area (Å²) >= 11 is 0. The molecule has 0 N–H and O–H groups in total. The first-order chi connectivity index (χ1) is 14.1. The molecule has 0 saturated carbocycles. The standard InChI is InChI=1S/C21H13F2N5O/c22-18-5-14(13-1-2-15-7-25-11-27(15)9-13)6-19(23)17(18)10-28-12-26-20-8-24-4-3-16(20)21(28)29/h1-9,11-12H,10H2. The van der Waals surface area contributed by atoms with Gasteiger partial charge in [-0.1, -0.05) is 6.07 Å². The maximum absolute atomic E-state index is 14.8. The van der Waals surface area contributed by atoms with Gasteiger partial charge in [-0.2, -0.15) is 0 Å². The molecule has 5 rings (SSSR count). The van der Waals surface area contributed by atoms with Gasteiger partial charge in [-0.25, -0.2) is 18.7 Å². The lowest BCUT2D eigenvalue weighted by atomic mass is 10.0. The lowest BCUT2D eigenvalue weighted by molar-refractivity contribution is 0.541. The fourth-order valence-electron chi connectivity index (χ4n) is 3.30. The highest BCUT2D eigenvalue weighted by molar-refractivity contribution is 5.75. The molecule has 0 unspecified atom stereocenters. The Balaban J connectivity index is 1.55. The van der Waals surface area contributed by atoms with Crippen molar-refractivity contribution >= 4 is 16.4 Å². The predicted molar refractivity (Wildman–Crippen MR) is 103 cm³/mol. The van der Waals surface area contributed by atoms with Gasteiger partial charge in [0.1, 0.15) is 11.6 Å². The van der Waals surface area contributed by atoms with Crippen LogP contribution in [0.3, 0.4) is 0 Å². The number of hydrogen-bond donors (Lipinski definition) is 0. The van der Waals surface area contributed by atoms with Crippen LogP contribution >= 0.6 is 0 Å². The van der Waals surface area contributed by atoms with E-state index in [4.69, 9.17) is 0 Å². The van der Waals surface area contributed by atoms with Crippen molar-refractivity contribution in [3.05, 3.63) is 95.3 Å². The van der Waals surface area contributed by atoms with Crippen molar-refractivity contribution < 1.29 is 8.78 Å². The number of imidazole rings is 1. The van der Waals surface area contributed by atoms with Gasteiger partial charge in [-0.3, -0.25) is 14.3 Å². The number of rotatable bonds is 3. The van der Waals surface area contributed by atoms with Crippen molar-refractivity contribution in [2.45, 2.75) is 6.54 Å². The van der Waals surface area contributed by atoms with Gasteiger partial charge < -0.3 is 4.40 Å². The number of benzene rings is 1. The SMILES string of the molecule is O=c1c2ccncc2ncn1Cc1c(F)cc(-c2ccc3cncn3c2)cc1F. The Kier molecular flexibility index (Phi) is 3.90. The molecule has 5 aromatic rings. The Bertz CT molecular complexity index is 1420. The van der Waals surface area contributed by atoms with Gasteiger partial charge in [0.05, 0.1) is 48.0 Å². The average molecular weight is 389 g/mol. The van der Waals surface area contributed by atoms with Gasteiger partial charge in [0, 0.05) is 18.0 Å². The van der Waals surface area contributed by atoms with Crippen LogP contribution in [0, 0.1) is 11.6 Å². The van der Waals surface area contributed by atoms with E-state index in [1.165, 1.54) is 41.5 Å². The summed E-state index contributed by atoms with van der Waals surface area (Å²) in [6.07, 6.45) is 9.28. The first-order valence-corrected chi connectivity index (χ1v) is 8.79. The molecule has 4 aromatic heterocycles. The summed E-state index contributed by atoms with van der Waals surface area (Å²) in [7, 11) is 0. The Hall–Kier alpha value is -3.94. The molecule has 29 heavy (non-hydrogen) atoms. The van der Waals surface area contributed by atoms with E-state index in [1.807, 2.05) is 6.07 Å². The summed E-state index contributed by atoms with van der Waals surface area (Å²) in [5.41, 5.74) is 1.77. The van der Waals surface area contributed by atoms with Gasteiger partial charge in [-0.05, 0) is 35.4 Å². The third kappa shape index (κ3) is 2.94. The van der Waals surface area contributed by atoms with E-state index in [9.17, 15) is 13.6 Å². The van der Waals surface area contributed by atoms with E-state index < -0.39 is 11.6 Å². The largest absolute Gasteiger partial charge is 0.306 e. The molecular weight excluding hydrogens is 376 g/mol. The van der Waals surface area contributed by atoms with E-state index >= 15 is 0 Å². The van der Waals surface area contributed by atoms with Crippen LogP contribution in [0.25, 0.3) is 27.5 Å². The van der Waals surface area contributed by atoms with Gasteiger partial charge >= 0.3 is 0 Å². The zero-order valence-corrected chi connectivity index (χ0v) is 15.0. The highest BCUT2D eigenvalue weighted by Crippen LogP contribution is 2.25. The van der Waals surface area contributed by atoms with Crippen LogP contribution in [0.2, 0.25) is 0 Å². The minimum absolute atomic E-state index is 0.199. The number of halogens is 2. The van der Waals surface area contributed by atoms with Crippen molar-refractivity contribution in [1.29, 1.82) is 0 Å². The van der Waals surface area contributed by atoms with E-state index in [2.05, 4.69) is 15.0 Å². The quantitative estimate of drug-likeness (QED) is 0.474. The highest BCUT2D eigenvalue weighted by Gasteiger charge is 2.15. The fourth-order valence-corrected chi connectivity index (χ4v) is 3.30. The number of hydrogen-bond acceptors (Lipinski definition) is 4. The first-order valence-electron chi connectivity index (χ1n) is 8.79. The lowest BCUT2D eigenvalue weighted by Crippen LogP contribution is -2.22. The van der Waals surface area contributed by atoms with E-state index in [-0.39, 0.29) is 17.7 Å². The second-order valence-corrected chi connectivity index (χ2v) is 6.63. The van der Waals surface area contributed by atoms with Crippen molar-refractivity contribution in [3.8, 4) is 11.1 Å². The van der Waals surface area contributed by atoms with Crippen LogP contribution in [0.1, 0.15) is 5.56 Å². The summed E-state index contributed by atoms with van der Waals surface area (Å²) in [4.78, 5) is 24.7. The molecule has 0 radical (unpaired) electrons. The summed E-state index contributed by atoms with van der Waals surface area (Å²) in [6, 6.07) is 7.65. The molecule has 0 aliphatic heterocycles. The van der Waals surface area contributed by atoms with Gasteiger partial charge in [0.15, 0.2) is 0 Å². The van der Waals surface area contributed by atoms with Crippen LogP contribution in [-0.4, -0.2) is 23.9 Å². The molecule has 0 bridgehead atoms. The maximum Gasteiger partial charge on any atom is 0.261 e. The minimum Gasteiger partial charge on any atom is -0.306 e. The van der Waals surface area contributed by atoms with E-state index in [0.717, 1.165) is 5.52 Å². The van der Waals surface area contributed by atoms with Crippen LogP contribution in [0.4, 0.5) is 8.78 Å². The van der Waals surface area contributed by atoms with Crippen molar-refractivity contribution in [2.24, 2.45) is 0 Å². The molecule has 142 valence electrons. The minimum atomic E-state index is -0.729. The Morgan fingerprint density at radius 3 is 2.59 bits per heavy atom. The second kappa shape index (κ2) is 6.59. The molecule has 0 amide bonds. The van der Waals surface area contributed by atoms with Gasteiger partial charge in [0.25, 0.3) is 5.56 Å². The fraction of sp³-hybridized carbons (Fsp3) is 0.0476. The number of pyridine rings is 2. The molecule has 6 nitrogen and oxygen atoms in total. The monoisotopic (exact) mass is 389 g/mol. The summed E-state index contributed by atoms with van der Waals surface area (Å²) in [6.45, 7) is -0.261. The lowest BCUT2D eigenvalue weighted by Gasteiger charge is -2.11. The summed E-state index contributed by atoms with van der Waals surface area (Å²) in [5, 5.41) is 0.341. The Morgan fingerprint density at radius 1 is 0.931 bits per heavy atom. The highest BCUT2D eigenvalue weighted by atomic mass is 19.1. The first kappa shape index (κ1) is 17.2. The van der Waals surface area contributed by atoms with Gasteiger partial charge in [-0.15, -0.1) is 0 Å². The molecule has 0 aliphatic rings. The van der Waals surface area contributed by atoms with Crippen LogP contribution < -0.4 is 5.56 Å². The number of nitrogens with zero attached hydrogens (tertiary/aromatic N) is 5. The normalized spacial score (nSPS) is 11.4.